The van der Waals surface area contributed by atoms with E-state index in [1.54, 1.807) is 0 Å². The van der Waals surface area contributed by atoms with E-state index in [1.165, 1.54) is 46.6 Å². The molecule has 0 radical (unpaired) electrons. The summed E-state index contributed by atoms with van der Waals surface area (Å²) in [4.78, 5) is 23.7. The van der Waals surface area contributed by atoms with Crippen LogP contribution < -0.4 is 29.6 Å². The first kappa shape index (κ1) is 27.3. The Morgan fingerprint density at radius 2 is 1.74 bits per heavy atom. The third-order valence-electron chi connectivity index (χ3n) is 6.17. The summed E-state index contributed by atoms with van der Waals surface area (Å²) in [5, 5.41) is 20.5. The number of halogens is 3. The number of amides is 1. The zero-order valence-corrected chi connectivity index (χ0v) is 21.2. The van der Waals surface area contributed by atoms with Crippen LogP contribution in [0.4, 0.5) is 30.4 Å². The van der Waals surface area contributed by atoms with Gasteiger partial charge >= 0.3 is 6.18 Å². The number of benzene rings is 2. The molecule has 2 heterocycles. The molecular weight excluding hydrogens is 527 g/mol. The van der Waals surface area contributed by atoms with Gasteiger partial charge in [0.15, 0.2) is 17.5 Å². The molecule has 2 atom stereocenters. The van der Waals surface area contributed by atoms with Crippen molar-refractivity contribution in [1.82, 2.24) is 9.78 Å². The minimum absolute atomic E-state index is 0.00959. The average Bonchev–Trinajstić information content (AvgIpc) is 3.34. The highest BCUT2D eigenvalue weighted by atomic mass is 19.4. The minimum Gasteiger partial charge on any atom is -0.496 e. The summed E-state index contributed by atoms with van der Waals surface area (Å²) in [6, 6.07) is 3.65. The predicted molar refractivity (Wildman–Crippen MR) is 132 cm³/mol. The maximum Gasteiger partial charge on any atom is 0.410 e. The number of hydrogen-bond donors (Lipinski definition) is 2. The molecule has 1 aromatic heterocycles. The maximum atomic E-state index is 14.1. The van der Waals surface area contributed by atoms with E-state index in [2.05, 4.69) is 15.7 Å². The van der Waals surface area contributed by atoms with Crippen molar-refractivity contribution in [3.8, 4) is 23.0 Å². The van der Waals surface area contributed by atoms with Gasteiger partial charge in [-0.3, -0.25) is 14.9 Å². The molecule has 0 saturated heterocycles. The maximum absolute atomic E-state index is 14.1. The van der Waals surface area contributed by atoms with Gasteiger partial charge in [0.1, 0.15) is 17.1 Å². The monoisotopic (exact) mass is 551 g/mol. The summed E-state index contributed by atoms with van der Waals surface area (Å²) in [7, 11) is 5.46. The van der Waals surface area contributed by atoms with E-state index in [4.69, 9.17) is 18.9 Å². The number of anilines is 2. The molecule has 3 aromatic rings. The molecule has 0 fully saturated rings. The lowest BCUT2D eigenvalue weighted by atomic mass is 9.95. The third kappa shape index (κ3) is 5.32. The minimum atomic E-state index is -4.69. The number of carbonyl (C=O) groups excluding carboxylic acids is 1. The van der Waals surface area contributed by atoms with Gasteiger partial charge in [0, 0.05) is 18.6 Å². The molecule has 4 rings (SSSR count). The van der Waals surface area contributed by atoms with E-state index in [9.17, 15) is 28.1 Å². The van der Waals surface area contributed by atoms with Crippen LogP contribution in [0.2, 0.25) is 0 Å². The van der Waals surface area contributed by atoms with Crippen molar-refractivity contribution < 1.29 is 41.8 Å². The fourth-order valence-electron chi connectivity index (χ4n) is 4.33. The lowest BCUT2D eigenvalue weighted by Crippen LogP contribution is -2.36. The average molecular weight is 551 g/mol. The van der Waals surface area contributed by atoms with Gasteiger partial charge < -0.3 is 29.6 Å². The molecule has 208 valence electrons. The molecule has 1 aliphatic heterocycles. The Balaban J connectivity index is 1.74. The fraction of sp³-hybridized carbons (Fsp3) is 0.333. The number of methoxy groups -OCH3 is 4. The number of non-ortho nitro benzene ring substituents is 1. The van der Waals surface area contributed by atoms with Gasteiger partial charge in [0.05, 0.1) is 57.4 Å². The van der Waals surface area contributed by atoms with Crippen molar-refractivity contribution in [2.75, 3.05) is 39.1 Å². The molecule has 1 aliphatic rings. The van der Waals surface area contributed by atoms with Gasteiger partial charge in [-0.2, -0.15) is 18.3 Å². The first-order valence-electron chi connectivity index (χ1n) is 11.4. The summed E-state index contributed by atoms with van der Waals surface area (Å²) in [6.07, 6.45) is -4.13. The van der Waals surface area contributed by atoms with Crippen LogP contribution in [0.1, 0.15) is 34.4 Å². The Morgan fingerprint density at radius 3 is 2.28 bits per heavy atom. The first-order chi connectivity index (χ1) is 18.5. The van der Waals surface area contributed by atoms with E-state index in [-0.39, 0.29) is 45.8 Å². The van der Waals surface area contributed by atoms with Crippen molar-refractivity contribution in [3.63, 3.8) is 0 Å². The second-order valence-electron chi connectivity index (χ2n) is 8.43. The van der Waals surface area contributed by atoms with Crippen molar-refractivity contribution in [2.45, 2.75) is 24.7 Å². The molecule has 15 heteroatoms. The van der Waals surface area contributed by atoms with Crippen LogP contribution in [-0.2, 0) is 0 Å². The Labute approximate surface area is 219 Å². The number of hydrogen-bond acceptors (Lipinski definition) is 9. The van der Waals surface area contributed by atoms with Gasteiger partial charge in [0.25, 0.3) is 11.6 Å². The van der Waals surface area contributed by atoms with E-state index in [0.29, 0.717) is 10.2 Å². The molecule has 0 unspecified atom stereocenters. The number of nitrogens with one attached hydrogen (secondary N) is 2. The summed E-state index contributed by atoms with van der Waals surface area (Å²) >= 11 is 0. The number of alkyl halides is 3. The van der Waals surface area contributed by atoms with Crippen molar-refractivity contribution in [3.05, 3.63) is 57.8 Å². The third-order valence-corrected chi connectivity index (χ3v) is 6.17. The number of rotatable bonds is 8. The first-order valence-corrected chi connectivity index (χ1v) is 11.4. The van der Waals surface area contributed by atoms with Gasteiger partial charge in [-0.05, 0) is 17.7 Å². The lowest BCUT2D eigenvalue weighted by molar-refractivity contribution is -0.384. The number of ether oxygens (including phenoxy) is 4. The number of nitro groups is 1. The molecular formula is C24H24F3N5O7. The molecule has 39 heavy (non-hydrogen) atoms. The Morgan fingerprint density at radius 1 is 1.08 bits per heavy atom. The van der Waals surface area contributed by atoms with Crippen LogP contribution in [0.3, 0.4) is 0 Å². The summed E-state index contributed by atoms with van der Waals surface area (Å²) in [5.74, 6) is -0.156. The van der Waals surface area contributed by atoms with Crippen LogP contribution >= 0.6 is 0 Å². The normalized spacial score (nSPS) is 16.5. The highest BCUT2D eigenvalue weighted by Gasteiger charge is 2.47. The van der Waals surface area contributed by atoms with Gasteiger partial charge in [0.2, 0.25) is 5.75 Å². The van der Waals surface area contributed by atoms with Gasteiger partial charge in [-0.25, -0.2) is 4.68 Å². The van der Waals surface area contributed by atoms with Crippen molar-refractivity contribution in [1.29, 1.82) is 0 Å². The van der Waals surface area contributed by atoms with Crippen LogP contribution in [0.25, 0.3) is 0 Å². The Bertz CT molecular complexity index is 1380. The number of fused-ring (bicyclic) bond motifs is 1. The summed E-state index contributed by atoms with van der Waals surface area (Å²) in [5.41, 5.74) is -0.150. The van der Waals surface area contributed by atoms with Crippen molar-refractivity contribution >= 4 is 23.1 Å². The number of nitro benzene ring substituents is 1. The highest BCUT2D eigenvalue weighted by molar-refractivity contribution is 6.07. The molecule has 1 amide bonds. The van der Waals surface area contributed by atoms with Gasteiger partial charge in [-0.1, -0.05) is 0 Å². The SMILES string of the molecule is COc1cc(NC(=O)c2cnn3c2N[C@H](c2cc(OC)c(OC)c(OC)c2)C[C@@H]3C(F)(F)F)cc([N+](=O)[O-])c1. The number of aromatic nitrogens is 2. The zero-order chi connectivity index (χ0) is 28.5. The standard InChI is InChI=1S/C24H24F3N5O7/c1-36-15-8-13(7-14(9-15)32(34)35)29-23(33)16-11-28-31-20(24(25,26)27)10-17(30-22(16)31)12-5-18(37-2)21(39-4)19(6-12)38-3/h5-9,11,17,20,30H,10H2,1-4H3,(H,29,33)/t17-,20+/m0/s1. The summed E-state index contributed by atoms with van der Waals surface area (Å²) < 4.78 is 64.1. The van der Waals surface area contributed by atoms with Crippen LogP contribution in [0.5, 0.6) is 23.0 Å². The Hall–Kier alpha value is -4.69. The second kappa shape index (κ2) is 10.6. The predicted octanol–water partition coefficient (Wildman–Crippen LogP) is 4.74. The van der Waals surface area contributed by atoms with Gasteiger partial charge in [-0.15, -0.1) is 0 Å². The van der Waals surface area contributed by atoms with Crippen LogP contribution in [0.15, 0.2) is 36.5 Å². The summed E-state index contributed by atoms with van der Waals surface area (Å²) in [6.45, 7) is 0. The fourth-order valence-corrected chi connectivity index (χ4v) is 4.33. The Kier molecular flexibility index (Phi) is 7.42. The molecule has 0 aliphatic carbocycles. The van der Waals surface area contributed by atoms with E-state index in [1.807, 2.05) is 0 Å². The zero-order valence-electron chi connectivity index (χ0n) is 21.2. The largest absolute Gasteiger partial charge is 0.496 e. The smallest absolute Gasteiger partial charge is 0.410 e. The molecule has 2 N–H and O–H groups in total. The lowest BCUT2D eigenvalue weighted by Gasteiger charge is -2.34. The topological polar surface area (TPSA) is 139 Å². The van der Waals surface area contributed by atoms with E-state index < -0.39 is 35.5 Å². The van der Waals surface area contributed by atoms with Crippen LogP contribution in [0, 0.1) is 10.1 Å². The van der Waals surface area contributed by atoms with Crippen LogP contribution in [-0.4, -0.2) is 55.2 Å². The quantitative estimate of drug-likeness (QED) is 0.300. The molecule has 0 bridgehead atoms. The molecule has 2 aromatic carbocycles. The molecule has 0 spiro atoms. The number of carbonyl (C=O) groups is 1. The molecule has 0 saturated carbocycles. The van der Waals surface area contributed by atoms with E-state index in [0.717, 1.165) is 18.3 Å². The van der Waals surface area contributed by atoms with E-state index >= 15 is 0 Å². The molecule has 12 nitrogen and oxygen atoms in total. The van der Waals surface area contributed by atoms with Crippen molar-refractivity contribution in [2.24, 2.45) is 0 Å². The number of nitrogens with zero attached hydrogens (tertiary/aromatic N) is 3. The highest BCUT2D eigenvalue weighted by Crippen LogP contribution is 2.47. The second-order valence-corrected chi connectivity index (χ2v) is 8.43.